The van der Waals surface area contributed by atoms with Gasteiger partial charge in [-0.2, -0.15) is 0 Å². The van der Waals surface area contributed by atoms with E-state index in [9.17, 15) is 0 Å². The maximum absolute atomic E-state index is 4.35. The lowest BCUT2D eigenvalue weighted by Gasteiger charge is -2.08. The third kappa shape index (κ3) is 3.93. The summed E-state index contributed by atoms with van der Waals surface area (Å²) in [6.07, 6.45) is 6.01. The van der Waals surface area contributed by atoms with Crippen LogP contribution in [0.4, 0.5) is 0 Å². The average molecular weight is 257 g/mol. The molecule has 0 amide bonds. The van der Waals surface area contributed by atoms with Crippen molar-refractivity contribution in [2.75, 3.05) is 13.1 Å². The van der Waals surface area contributed by atoms with Crippen molar-refractivity contribution >= 4 is 0 Å². The number of benzene rings is 1. The highest BCUT2D eigenvalue weighted by Crippen LogP contribution is 2.09. The second-order valence-corrected chi connectivity index (χ2v) is 4.74. The molecule has 0 fully saturated rings. The second-order valence-electron chi connectivity index (χ2n) is 4.74. The number of hydrogen-bond donors (Lipinski definition) is 1. The van der Waals surface area contributed by atoms with Gasteiger partial charge in [-0.25, -0.2) is 4.98 Å². The summed E-state index contributed by atoms with van der Waals surface area (Å²) in [5.41, 5.74) is 2.73. The van der Waals surface area contributed by atoms with E-state index in [-0.39, 0.29) is 0 Å². The summed E-state index contributed by atoms with van der Waals surface area (Å²) >= 11 is 0. The molecule has 1 N–H and O–H groups in total. The van der Waals surface area contributed by atoms with Gasteiger partial charge in [0.1, 0.15) is 5.82 Å². The van der Waals surface area contributed by atoms with E-state index in [1.807, 2.05) is 6.20 Å². The highest BCUT2D eigenvalue weighted by molar-refractivity contribution is 5.23. The zero-order valence-electron chi connectivity index (χ0n) is 11.9. The molecule has 0 atom stereocenters. The van der Waals surface area contributed by atoms with Crippen molar-refractivity contribution in [2.45, 2.75) is 33.2 Å². The van der Waals surface area contributed by atoms with Crippen LogP contribution in [0.3, 0.4) is 0 Å². The predicted molar refractivity (Wildman–Crippen MR) is 79.4 cm³/mol. The fourth-order valence-electron chi connectivity index (χ4n) is 2.22. The smallest absolute Gasteiger partial charge is 0.108 e. The Bertz CT molecular complexity index is 485. The molecule has 0 aliphatic heterocycles. The Morgan fingerprint density at radius 3 is 2.53 bits per heavy atom. The SMILES string of the molecule is CCNCCc1ccc(Cn2ccnc2CC)cc1. The monoisotopic (exact) mass is 257 g/mol. The Morgan fingerprint density at radius 2 is 1.84 bits per heavy atom. The van der Waals surface area contributed by atoms with Gasteiger partial charge in [0.05, 0.1) is 0 Å². The van der Waals surface area contributed by atoms with Gasteiger partial charge in [0.15, 0.2) is 0 Å². The molecule has 3 nitrogen and oxygen atoms in total. The Labute approximate surface area is 115 Å². The van der Waals surface area contributed by atoms with Gasteiger partial charge in [0, 0.05) is 25.4 Å². The standard InChI is InChI=1S/C16H23N3/c1-3-16-18-11-12-19(16)13-15-7-5-14(6-8-15)9-10-17-4-2/h5-8,11-12,17H,3-4,9-10,13H2,1-2H3. The van der Waals surface area contributed by atoms with Crippen LogP contribution in [0.25, 0.3) is 0 Å². The molecule has 0 aliphatic rings. The van der Waals surface area contributed by atoms with Crippen molar-refractivity contribution in [2.24, 2.45) is 0 Å². The predicted octanol–water partition coefficient (Wildman–Crippen LogP) is 2.65. The van der Waals surface area contributed by atoms with Gasteiger partial charge in [-0.05, 0) is 30.6 Å². The topological polar surface area (TPSA) is 29.9 Å². The largest absolute Gasteiger partial charge is 0.331 e. The van der Waals surface area contributed by atoms with Crippen molar-refractivity contribution < 1.29 is 0 Å². The van der Waals surface area contributed by atoms with Gasteiger partial charge in [-0.1, -0.05) is 38.1 Å². The molecule has 19 heavy (non-hydrogen) atoms. The van der Waals surface area contributed by atoms with Crippen LogP contribution in [0, 0.1) is 0 Å². The van der Waals surface area contributed by atoms with Gasteiger partial charge < -0.3 is 9.88 Å². The zero-order valence-corrected chi connectivity index (χ0v) is 11.9. The molecule has 0 unspecified atom stereocenters. The van der Waals surface area contributed by atoms with E-state index in [1.54, 1.807) is 0 Å². The third-order valence-corrected chi connectivity index (χ3v) is 3.33. The molecule has 2 rings (SSSR count). The molecule has 1 heterocycles. The highest BCUT2D eigenvalue weighted by Gasteiger charge is 2.01. The van der Waals surface area contributed by atoms with Crippen LogP contribution in [0.1, 0.15) is 30.8 Å². The first-order valence-corrected chi connectivity index (χ1v) is 7.12. The third-order valence-electron chi connectivity index (χ3n) is 3.33. The molecule has 0 saturated heterocycles. The maximum Gasteiger partial charge on any atom is 0.108 e. The minimum Gasteiger partial charge on any atom is -0.331 e. The lowest BCUT2D eigenvalue weighted by molar-refractivity contribution is 0.714. The van der Waals surface area contributed by atoms with Crippen LogP contribution < -0.4 is 5.32 Å². The number of rotatable bonds is 7. The number of nitrogens with one attached hydrogen (secondary N) is 1. The van der Waals surface area contributed by atoms with Crippen LogP contribution >= 0.6 is 0 Å². The van der Waals surface area contributed by atoms with Crippen molar-refractivity contribution in [1.29, 1.82) is 0 Å². The van der Waals surface area contributed by atoms with E-state index >= 15 is 0 Å². The first-order chi connectivity index (χ1) is 9.33. The van der Waals surface area contributed by atoms with Crippen molar-refractivity contribution in [3.8, 4) is 0 Å². The second kappa shape index (κ2) is 7.10. The fourth-order valence-corrected chi connectivity index (χ4v) is 2.22. The van der Waals surface area contributed by atoms with Crippen LogP contribution in [-0.4, -0.2) is 22.6 Å². The Morgan fingerprint density at radius 1 is 1.11 bits per heavy atom. The fraction of sp³-hybridized carbons (Fsp3) is 0.438. The Kier molecular flexibility index (Phi) is 5.16. The molecule has 0 radical (unpaired) electrons. The summed E-state index contributed by atoms with van der Waals surface area (Å²) in [7, 11) is 0. The minimum atomic E-state index is 0.913. The number of aromatic nitrogens is 2. The van der Waals surface area contributed by atoms with E-state index in [2.05, 4.69) is 59.2 Å². The Balaban J connectivity index is 1.95. The number of imidazole rings is 1. The molecule has 2 aromatic rings. The van der Waals surface area contributed by atoms with Gasteiger partial charge in [0.2, 0.25) is 0 Å². The zero-order chi connectivity index (χ0) is 13.5. The average Bonchev–Trinajstić information content (AvgIpc) is 2.88. The molecular formula is C16H23N3. The van der Waals surface area contributed by atoms with Gasteiger partial charge in [-0.15, -0.1) is 0 Å². The van der Waals surface area contributed by atoms with Crippen LogP contribution in [0.5, 0.6) is 0 Å². The van der Waals surface area contributed by atoms with E-state index < -0.39 is 0 Å². The van der Waals surface area contributed by atoms with Crippen molar-refractivity contribution in [3.63, 3.8) is 0 Å². The lowest BCUT2D eigenvalue weighted by Crippen LogP contribution is -2.16. The van der Waals surface area contributed by atoms with Crippen LogP contribution in [-0.2, 0) is 19.4 Å². The van der Waals surface area contributed by atoms with Gasteiger partial charge in [0.25, 0.3) is 0 Å². The number of likely N-dealkylation sites (N-methyl/N-ethyl adjacent to an activating group) is 1. The van der Waals surface area contributed by atoms with Crippen LogP contribution in [0.2, 0.25) is 0 Å². The number of nitrogens with zero attached hydrogens (tertiary/aromatic N) is 2. The molecule has 0 bridgehead atoms. The summed E-state index contributed by atoms with van der Waals surface area (Å²) in [5, 5.41) is 3.35. The lowest BCUT2D eigenvalue weighted by atomic mass is 10.1. The van der Waals surface area contributed by atoms with E-state index in [0.717, 1.165) is 38.3 Å². The molecule has 1 aromatic carbocycles. The van der Waals surface area contributed by atoms with Crippen molar-refractivity contribution in [1.82, 2.24) is 14.9 Å². The summed E-state index contributed by atoms with van der Waals surface area (Å²) in [4.78, 5) is 4.35. The number of hydrogen-bond acceptors (Lipinski definition) is 2. The molecule has 0 saturated carbocycles. The number of aryl methyl sites for hydroxylation is 1. The van der Waals surface area contributed by atoms with E-state index in [4.69, 9.17) is 0 Å². The summed E-state index contributed by atoms with van der Waals surface area (Å²) in [6, 6.07) is 8.91. The van der Waals surface area contributed by atoms with E-state index in [0.29, 0.717) is 0 Å². The first kappa shape index (κ1) is 13.8. The maximum atomic E-state index is 4.35. The molecule has 102 valence electrons. The van der Waals surface area contributed by atoms with Crippen molar-refractivity contribution in [3.05, 3.63) is 53.6 Å². The summed E-state index contributed by atoms with van der Waals surface area (Å²) in [5.74, 6) is 1.15. The van der Waals surface area contributed by atoms with Gasteiger partial charge >= 0.3 is 0 Å². The first-order valence-electron chi connectivity index (χ1n) is 7.12. The summed E-state index contributed by atoms with van der Waals surface area (Å²) in [6.45, 7) is 7.29. The molecule has 0 aliphatic carbocycles. The Hall–Kier alpha value is -1.61. The highest BCUT2D eigenvalue weighted by atomic mass is 15.1. The quantitative estimate of drug-likeness (QED) is 0.773. The molecule has 3 heteroatoms. The molecule has 0 spiro atoms. The normalized spacial score (nSPS) is 10.8. The van der Waals surface area contributed by atoms with Gasteiger partial charge in [-0.3, -0.25) is 0 Å². The van der Waals surface area contributed by atoms with E-state index in [1.165, 1.54) is 11.1 Å². The molecular weight excluding hydrogens is 234 g/mol. The summed E-state index contributed by atoms with van der Waals surface area (Å²) < 4.78 is 2.22. The molecule has 1 aromatic heterocycles. The minimum absolute atomic E-state index is 0.913. The van der Waals surface area contributed by atoms with Crippen LogP contribution in [0.15, 0.2) is 36.7 Å².